The van der Waals surface area contributed by atoms with Crippen molar-refractivity contribution < 1.29 is 30.8 Å². The number of carbonyl (C=O) groups excluding carboxylic acids is 1. The topological polar surface area (TPSA) is 62.6 Å². The van der Waals surface area contributed by atoms with Crippen LogP contribution in [0.4, 0.5) is 17.6 Å². The molecule has 11 heteroatoms. The number of fused-ring (bicyclic) bond motifs is 2. The van der Waals surface area contributed by atoms with E-state index >= 15 is 0 Å². The van der Waals surface area contributed by atoms with Crippen molar-refractivity contribution in [3.05, 3.63) is 53.1 Å². The molecule has 0 aliphatic carbocycles. The van der Waals surface area contributed by atoms with Crippen molar-refractivity contribution in [1.82, 2.24) is 14.4 Å². The van der Waals surface area contributed by atoms with E-state index in [2.05, 4.69) is 0 Å². The third-order valence-electron chi connectivity index (χ3n) is 7.10. The number of carbonyl (C=O) groups is 1. The minimum atomic E-state index is -4.65. The Morgan fingerprint density at radius 2 is 1.62 bits per heavy atom. The highest BCUT2D eigenvalue weighted by molar-refractivity contribution is 7.92. The van der Waals surface area contributed by atoms with E-state index < -0.39 is 38.3 Å². The summed E-state index contributed by atoms with van der Waals surface area (Å²) >= 11 is 0. The van der Waals surface area contributed by atoms with Gasteiger partial charge in [-0.25, -0.2) is 12.8 Å². The molecule has 34 heavy (non-hydrogen) atoms. The van der Waals surface area contributed by atoms with Gasteiger partial charge in [0.15, 0.2) is 9.84 Å². The van der Waals surface area contributed by atoms with E-state index in [-0.39, 0.29) is 49.0 Å². The molecule has 0 atom stereocenters. The number of amides is 1. The summed E-state index contributed by atoms with van der Waals surface area (Å²) < 4.78 is 80.9. The molecule has 186 valence electrons. The maximum atomic E-state index is 14.9. The molecule has 4 rings (SSSR count). The van der Waals surface area contributed by atoms with Crippen molar-refractivity contribution in [2.75, 3.05) is 26.7 Å². The van der Waals surface area contributed by atoms with Crippen LogP contribution in [-0.2, 0) is 28.1 Å². The second-order valence-electron chi connectivity index (χ2n) is 9.24. The van der Waals surface area contributed by atoms with Gasteiger partial charge in [0.2, 0.25) is 0 Å². The summed E-state index contributed by atoms with van der Waals surface area (Å²) in [6.45, 7) is 4.02. The maximum Gasteiger partial charge on any atom is 0.431 e. The molecule has 0 N–H and O–H groups in total. The van der Waals surface area contributed by atoms with Crippen molar-refractivity contribution in [3.63, 3.8) is 0 Å². The lowest BCUT2D eigenvalue weighted by molar-refractivity contribution is -0.144. The fraction of sp³-hybridized carbons (Fsp3) is 0.522. The van der Waals surface area contributed by atoms with Gasteiger partial charge in [-0.3, -0.25) is 9.69 Å². The van der Waals surface area contributed by atoms with Crippen LogP contribution in [0, 0.1) is 5.82 Å². The number of alkyl halides is 3. The highest BCUT2D eigenvalue weighted by Crippen LogP contribution is 2.45. The number of hydrogen-bond donors (Lipinski definition) is 0. The summed E-state index contributed by atoms with van der Waals surface area (Å²) in [6, 6.07) is 6.32. The SMILES string of the molecule is CC(C)S(=O)(=O)c1ccc(C(=O)N2CCC3(CC2)c2c(F)cc(C(F)(F)F)n2CCN3C)cc1. The molecule has 1 fully saturated rings. The lowest BCUT2D eigenvalue weighted by Crippen LogP contribution is -2.57. The summed E-state index contributed by atoms with van der Waals surface area (Å²) in [7, 11) is -1.69. The highest BCUT2D eigenvalue weighted by atomic mass is 32.2. The fourth-order valence-corrected chi connectivity index (χ4v) is 6.10. The normalized spacial score (nSPS) is 19.0. The quantitative estimate of drug-likeness (QED) is 0.599. The molecule has 1 aromatic carbocycles. The molecule has 0 saturated carbocycles. The summed E-state index contributed by atoms with van der Waals surface area (Å²) in [6.07, 6.45) is -4.08. The molecule has 3 heterocycles. The molecule has 0 unspecified atom stereocenters. The average molecular weight is 502 g/mol. The second-order valence-corrected chi connectivity index (χ2v) is 11.7. The van der Waals surface area contributed by atoms with E-state index in [9.17, 15) is 30.8 Å². The molecule has 2 aromatic rings. The van der Waals surface area contributed by atoms with E-state index in [0.717, 1.165) is 4.57 Å². The van der Waals surface area contributed by atoms with Gasteiger partial charge in [-0.15, -0.1) is 0 Å². The number of rotatable bonds is 3. The molecule has 6 nitrogen and oxygen atoms in total. The Labute approximate surface area is 196 Å². The lowest BCUT2D eigenvalue weighted by Gasteiger charge is -2.50. The molecule has 1 aromatic heterocycles. The number of likely N-dealkylation sites (tertiary alicyclic amines) is 1. The van der Waals surface area contributed by atoms with Gasteiger partial charge in [-0.1, -0.05) is 0 Å². The summed E-state index contributed by atoms with van der Waals surface area (Å²) in [5.74, 6) is -1.17. The van der Waals surface area contributed by atoms with E-state index in [1.165, 1.54) is 24.3 Å². The first-order valence-corrected chi connectivity index (χ1v) is 12.6. The van der Waals surface area contributed by atoms with Crippen molar-refractivity contribution in [1.29, 1.82) is 0 Å². The molecule has 2 aliphatic heterocycles. The largest absolute Gasteiger partial charge is 0.431 e. The number of halogens is 4. The van der Waals surface area contributed by atoms with E-state index in [0.29, 0.717) is 18.2 Å². The number of aromatic nitrogens is 1. The van der Waals surface area contributed by atoms with Crippen LogP contribution >= 0.6 is 0 Å². The van der Waals surface area contributed by atoms with Crippen LogP contribution in [0.5, 0.6) is 0 Å². The van der Waals surface area contributed by atoms with Crippen molar-refractivity contribution in [2.24, 2.45) is 0 Å². The average Bonchev–Trinajstić information content (AvgIpc) is 3.14. The van der Waals surface area contributed by atoms with Gasteiger partial charge >= 0.3 is 6.18 Å². The molecule has 1 amide bonds. The molecule has 0 radical (unpaired) electrons. The summed E-state index contributed by atoms with van der Waals surface area (Å²) in [4.78, 5) is 16.6. The van der Waals surface area contributed by atoms with Gasteiger partial charge in [-0.05, 0) is 58.0 Å². The van der Waals surface area contributed by atoms with Gasteiger partial charge in [0.1, 0.15) is 11.5 Å². The van der Waals surface area contributed by atoms with E-state index in [4.69, 9.17) is 0 Å². The van der Waals surface area contributed by atoms with Crippen LogP contribution in [0.25, 0.3) is 0 Å². The Kier molecular flexibility index (Phi) is 6.08. The zero-order valence-corrected chi connectivity index (χ0v) is 20.0. The number of sulfone groups is 1. The predicted molar refractivity (Wildman–Crippen MR) is 118 cm³/mol. The maximum absolute atomic E-state index is 14.9. The Balaban J connectivity index is 1.56. The predicted octanol–water partition coefficient (Wildman–Crippen LogP) is 3.91. The minimum absolute atomic E-state index is 0.0314. The number of likely N-dealkylation sites (N-methyl/N-ethyl adjacent to an activating group) is 1. The van der Waals surface area contributed by atoms with E-state index in [1.54, 1.807) is 25.8 Å². The number of nitrogens with zero attached hydrogens (tertiary/aromatic N) is 3. The Bertz CT molecular complexity index is 1200. The van der Waals surface area contributed by atoms with Crippen LogP contribution in [-0.4, -0.2) is 60.6 Å². The third kappa shape index (κ3) is 3.92. The van der Waals surface area contributed by atoms with Crippen LogP contribution in [0.2, 0.25) is 0 Å². The molecular weight excluding hydrogens is 474 g/mol. The first-order chi connectivity index (χ1) is 15.8. The zero-order chi connectivity index (χ0) is 25.1. The van der Waals surface area contributed by atoms with Crippen LogP contribution in [0.15, 0.2) is 35.2 Å². The smallest absolute Gasteiger partial charge is 0.338 e. The first-order valence-electron chi connectivity index (χ1n) is 11.1. The van der Waals surface area contributed by atoms with Crippen LogP contribution in [0.1, 0.15) is 48.4 Å². The van der Waals surface area contributed by atoms with Gasteiger partial charge in [0.25, 0.3) is 5.91 Å². The zero-order valence-electron chi connectivity index (χ0n) is 19.2. The second kappa shape index (κ2) is 8.37. The van der Waals surface area contributed by atoms with Gasteiger partial charge in [-0.2, -0.15) is 13.2 Å². The standard InChI is InChI=1S/C23H27F4N3O3S/c1-15(2)34(32,33)17-6-4-16(5-7-17)21(31)29-10-8-22(9-11-29)20-18(24)14-19(23(25,26)27)30(20)13-12-28(22)3/h4-7,14-15H,8-13H2,1-3H3. The number of piperidine rings is 1. The minimum Gasteiger partial charge on any atom is -0.338 e. The Morgan fingerprint density at radius 1 is 1.03 bits per heavy atom. The van der Waals surface area contributed by atoms with Crippen molar-refractivity contribution in [3.8, 4) is 0 Å². The number of hydrogen-bond acceptors (Lipinski definition) is 4. The molecule has 1 spiro atoms. The van der Waals surface area contributed by atoms with Crippen molar-refractivity contribution in [2.45, 2.75) is 55.1 Å². The molecule has 2 aliphatic rings. The monoisotopic (exact) mass is 501 g/mol. The van der Waals surface area contributed by atoms with Gasteiger partial charge < -0.3 is 9.47 Å². The van der Waals surface area contributed by atoms with Crippen LogP contribution in [0.3, 0.4) is 0 Å². The van der Waals surface area contributed by atoms with Gasteiger partial charge in [0.05, 0.1) is 21.4 Å². The summed E-state index contributed by atoms with van der Waals surface area (Å²) in [5.41, 5.74) is -1.56. The van der Waals surface area contributed by atoms with Gasteiger partial charge in [0, 0.05) is 37.8 Å². The third-order valence-corrected chi connectivity index (χ3v) is 9.27. The first kappa shape index (κ1) is 24.7. The highest BCUT2D eigenvalue weighted by Gasteiger charge is 2.49. The van der Waals surface area contributed by atoms with Crippen LogP contribution < -0.4 is 0 Å². The molecule has 0 bridgehead atoms. The molecular formula is C23H27F4N3O3S. The van der Waals surface area contributed by atoms with E-state index in [1.807, 2.05) is 4.90 Å². The lowest BCUT2D eigenvalue weighted by atomic mass is 9.81. The Hall–Kier alpha value is -2.40. The number of benzene rings is 1. The molecule has 1 saturated heterocycles. The summed E-state index contributed by atoms with van der Waals surface area (Å²) in [5, 5.41) is -0.586. The Morgan fingerprint density at radius 3 is 2.15 bits per heavy atom. The van der Waals surface area contributed by atoms with Crippen molar-refractivity contribution >= 4 is 15.7 Å². The fourth-order valence-electron chi connectivity index (χ4n) is 5.04.